The highest BCUT2D eigenvalue weighted by molar-refractivity contribution is 5.38. The second kappa shape index (κ2) is 10.6. The van der Waals surface area contributed by atoms with Crippen LogP contribution in [0.3, 0.4) is 0 Å². The molecule has 0 aromatic heterocycles. The first-order chi connectivity index (χ1) is 15.4. The molecule has 0 aromatic carbocycles. The Labute approximate surface area is 190 Å². The Balaban J connectivity index is 1.25. The lowest BCUT2D eigenvalue weighted by Crippen LogP contribution is -2.26. The van der Waals surface area contributed by atoms with Crippen LogP contribution in [0.5, 0.6) is 0 Å². The molecule has 0 saturated heterocycles. The van der Waals surface area contributed by atoms with Crippen molar-refractivity contribution >= 4 is 0 Å². The lowest BCUT2D eigenvalue weighted by Gasteiger charge is -2.35. The van der Waals surface area contributed by atoms with Crippen LogP contribution in [0, 0.1) is 35.5 Å². The van der Waals surface area contributed by atoms with Gasteiger partial charge in [-0.2, -0.15) is 0 Å². The van der Waals surface area contributed by atoms with Crippen LogP contribution in [0.4, 0.5) is 13.2 Å². The van der Waals surface area contributed by atoms with Crippen molar-refractivity contribution in [3.63, 3.8) is 0 Å². The van der Waals surface area contributed by atoms with E-state index in [0.717, 1.165) is 51.4 Å². The second-order valence-electron chi connectivity index (χ2n) is 10.4. The van der Waals surface area contributed by atoms with E-state index in [-0.39, 0.29) is 35.4 Å². The number of allylic oxidation sites excluding steroid dienone is 9. The van der Waals surface area contributed by atoms with E-state index in [1.165, 1.54) is 0 Å². The van der Waals surface area contributed by atoms with Gasteiger partial charge in [0.05, 0.1) is 11.9 Å². The number of hydrogen-bond donors (Lipinski definition) is 1. The van der Waals surface area contributed by atoms with Crippen LogP contribution in [0.2, 0.25) is 0 Å². The van der Waals surface area contributed by atoms with Gasteiger partial charge in [-0.25, -0.2) is 13.2 Å². The maximum Gasteiger partial charge on any atom is 0.158 e. The third-order valence-electron chi connectivity index (χ3n) is 8.36. The largest absolute Gasteiger partial charge is 0.393 e. The minimum absolute atomic E-state index is 0.0188. The van der Waals surface area contributed by atoms with Gasteiger partial charge in [-0.3, -0.25) is 0 Å². The molecule has 4 rings (SSSR count). The lowest BCUT2D eigenvalue weighted by molar-refractivity contribution is 0.0929. The Hall–Kier alpha value is -1.55. The molecule has 4 aliphatic rings. The summed E-state index contributed by atoms with van der Waals surface area (Å²) in [5, 5.41) is 10.5. The Morgan fingerprint density at radius 1 is 1.00 bits per heavy atom. The van der Waals surface area contributed by atoms with E-state index in [9.17, 15) is 18.3 Å². The summed E-state index contributed by atoms with van der Waals surface area (Å²) in [5.41, 5.74) is 0.518. The summed E-state index contributed by atoms with van der Waals surface area (Å²) in [7, 11) is 0. The highest BCUT2D eigenvalue weighted by Crippen LogP contribution is 2.46. The Kier molecular flexibility index (Phi) is 7.81. The zero-order valence-electron chi connectivity index (χ0n) is 19.2. The van der Waals surface area contributed by atoms with Crippen LogP contribution in [0.25, 0.3) is 0 Å². The van der Waals surface area contributed by atoms with Crippen molar-refractivity contribution in [1.82, 2.24) is 0 Å². The molecule has 1 fully saturated rings. The van der Waals surface area contributed by atoms with Gasteiger partial charge in [-0.05, 0) is 74.9 Å². The SMILES string of the molecule is C[C@H]1CCC([C@@H](O)CCC2CCC([C@H]3CC=C([C@@H]4C=CC=CC4)C(F)=C3F)CC2)C=C1F. The average Bonchev–Trinajstić information content (AvgIpc) is 2.82. The van der Waals surface area contributed by atoms with Gasteiger partial charge in [0, 0.05) is 23.7 Å². The molecule has 32 heavy (non-hydrogen) atoms. The molecule has 1 unspecified atom stereocenters. The van der Waals surface area contributed by atoms with Crippen molar-refractivity contribution in [2.24, 2.45) is 35.5 Å². The van der Waals surface area contributed by atoms with Gasteiger partial charge < -0.3 is 5.11 Å². The maximum absolute atomic E-state index is 15.0. The molecule has 0 aliphatic heterocycles. The molecule has 0 amide bonds. The van der Waals surface area contributed by atoms with Crippen molar-refractivity contribution in [3.05, 3.63) is 59.5 Å². The van der Waals surface area contributed by atoms with Crippen molar-refractivity contribution in [2.75, 3.05) is 0 Å². The minimum Gasteiger partial charge on any atom is -0.393 e. The van der Waals surface area contributed by atoms with Crippen molar-refractivity contribution in [2.45, 2.75) is 77.2 Å². The summed E-state index contributed by atoms with van der Waals surface area (Å²) < 4.78 is 43.7. The fourth-order valence-electron chi connectivity index (χ4n) is 6.11. The van der Waals surface area contributed by atoms with Gasteiger partial charge in [0.25, 0.3) is 0 Å². The van der Waals surface area contributed by atoms with E-state index in [0.29, 0.717) is 24.3 Å². The molecule has 0 heterocycles. The van der Waals surface area contributed by atoms with Crippen LogP contribution in [0.1, 0.15) is 71.1 Å². The zero-order valence-corrected chi connectivity index (χ0v) is 19.2. The molecular weight excluding hydrogens is 409 g/mol. The van der Waals surface area contributed by atoms with Gasteiger partial charge in [-0.1, -0.05) is 50.1 Å². The molecule has 1 N–H and O–H groups in total. The van der Waals surface area contributed by atoms with Gasteiger partial charge in [0.2, 0.25) is 0 Å². The zero-order chi connectivity index (χ0) is 22.7. The van der Waals surface area contributed by atoms with E-state index in [2.05, 4.69) is 0 Å². The second-order valence-corrected chi connectivity index (χ2v) is 10.4. The Bertz CT molecular complexity index is 813. The topological polar surface area (TPSA) is 20.2 Å². The van der Waals surface area contributed by atoms with Crippen LogP contribution in [0.15, 0.2) is 59.5 Å². The molecular formula is C28H37F3O. The number of halogens is 3. The minimum atomic E-state index is -0.626. The first-order valence-electron chi connectivity index (χ1n) is 12.6. The highest BCUT2D eigenvalue weighted by atomic mass is 19.2. The Morgan fingerprint density at radius 3 is 2.47 bits per heavy atom. The number of aliphatic hydroxyl groups excluding tert-OH is 1. The standard InChI is InChI=1S/C28H37F3O/c1-18-7-11-22(17-25(18)29)26(32)16-10-19-8-12-21(13-9-19)24-15-14-23(27(30)28(24)31)20-5-3-2-4-6-20/h2-5,14,17-22,24,26,32H,6-13,15-16H2,1H3/t18-,19?,20+,21?,22?,24+,26-/m0/s1. The molecule has 0 spiro atoms. The molecule has 0 bridgehead atoms. The molecule has 4 aliphatic carbocycles. The maximum atomic E-state index is 15.0. The summed E-state index contributed by atoms with van der Waals surface area (Å²) in [4.78, 5) is 0. The summed E-state index contributed by atoms with van der Waals surface area (Å²) in [6.45, 7) is 1.89. The van der Waals surface area contributed by atoms with Crippen molar-refractivity contribution in [1.29, 1.82) is 0 Å². The Morgan fingerprint density at radius 2 is 1.78 bits per heavy atom. The molecule has 5 atom stereocenters. The van der Waals surface area contributed by atoms with Gasteiger partial charge in [0.1, 0.15) is 5.83 Å². The summed E-state index contributed by atoms with van der Waals surface area (Å²) in [6, 6.07) is 0. The molecule has 0 aromatic rings. The summed E-state index contributed by atoms with van der Waals surface area (Å²) >= 11 is 0. The van der Waals surface area contributed by atoms with Crippen LogP contribution < -0.4 is 0 Å². The molecule has 1 nitrogen and oxygen atoms in total. The number of rotatable bonds is 6. The fourth-order valence-corrected chi connectivity index (χ4v) is 6.11. The van der Waals surface area contributed by atoms with Crippen LogP contribution in [-0.4, -0.2) is 11.2 Å². The van der Waals surface area contributed by atoms with Crippen molar-refractivity contribution in [3.8, 4) is 0 Å². The van der Waals surface area contributed by atoms with E-state index >= 15 is 0 Å². The lowest BCUT2D eigenvalue weighted by atomic mass is 9.71. The fraction of sp³-hybridized carbons (Fsp3) is 0.643. The van der Waals surface area contributed by atoms with E-state index < -0.39 is 17.8 Å². The normalized spacial score (nSPS) is 36.7. The van der Waals surface area contributed by atoms with Gasteiger partial charge >= 0.3 is 0 Å². The first kappa shape index (κ1) is 23.6. The van der Waals surface area contributed by atoms with Gasteiger partial charge in [-0.15, -0.1) is 0 Å². The quantitative estimate of drug-likeness (QED) is 0.437. The number of hydrogen-bond acceptors (Lipinski definition) is 1. The predicted molar refractivity (Wildman–Crippen MR) is 124 cm³/mol. The van der Waals surface area contributed by atoms with Crippen LogP contribution >= 0.6 is 0 Å². The third kappa shape index (κ3) is 5.32. The predicted octanol–water partition coefficient (Wildman–Crippen LogP) is 8.06. The van der Waals surface area contributed by atoms with E-state index in [4.69, 9.17) is 0 Å². The average molecular weight is 447 g/mol. The summed E-state index contributed by atoms with van der Waals surface area (Å²) in [6.07, 6.45) is 19.3. The van der Waals surface area contributed by atoms with Crippen LogP contribution in [-0.2, 0) is 0 Å². The highest BCUT2D eigenvalue weighted by Gasteiger charge is 2.35. The van der Waals surface area contributed by atoms with Crippen molar-refractivity contribution < 1.29 is 18.3 Å². The van der Waals surface area contributed by atoms with E-state index in [1.807, 2.05) is 37.3 Å². The first-order valence-corrected chi connectivity index (χ1v) is 12.6. The number of aliphatic hydroxyl groups is 1. The van der Waals surface area contributed by atoms with E-state index in [1.54, 1.807) is 6.08 Å². The molecule has 0 radical (unpaired) electrons. The molecule has 4 heteroatoms. The molecule has 1 saturated carbocycles. The third-order valence-corrected chi connectivity index (χ3v) is 8.36. The summed E-state index contributed by atoms with van der Waals surface area (Å²) in [5.74, 6) is -0.999. The molecule has 176 valence electrons. The monoisotopic (exact) mass is 446 g/mol. The van der Waals surface area contributed by atoms with Gasteiger partial charge in [0.15, 0.2) is 5.83 Å². The smallest absolute Gasteiger partial charge is 0.158 e.